The van der Waals surface area contributed by atoms with Gasteiger partial charge in [0.15, 0.2) is 0 Å². The molecule has 0 spiro atoms. The third-order valence-electron chi connectivity index (χ3n) is 3.06. The largest absolute Gasteiger partial charge is 0.356 e. The van der Waals surface area contributed by atoms with Gasteiger partial charge < -0.3 is 5.32 Å². The van der Waals surface area contributed by atoms with Gasteiger partial charge >= 0.3 is 0 Å². The Balaban J connectivity index is 0. The Morgan fingerprint density at radius 1 is 1.00 bits per heavy atom. The Morgan fingerprint density at radius 2 is 1.61 bits per heavy atom. The normalized spacial score (nSPS) is 9.35. The van der Waals surface area contributed by atoms with Crippen LogP contribution in [0.3, 0.4) is 0 Å². The minimum atomic E-state index is 0.0645. The fourth-order valence-electron chi connectivity index (χ4n) is 2.15. The Labute approximate surface area is 144 Å². The minimum Gasteiger partial charge on any atom is -0.356 e. The fourth-order valence-corrected chi connectivity index (χ4v) is 2.15. The number of hydrogen-bond donors (Lipinski definition) is 1. The van der Waals surface area contributed by atoms with Gasteiger partial charge in [-0.1, -0.05) is 65.0 Å². The van der Waals surface area contributed by atoms with E-state index in [-0.39, 0.29) is 5.91 Å². The summed E-state index contributed by atoms with van der Waals surface area (Å²) in [5.74, 6) is 0.0645. The van der Waals surface area contributed by atoms with Crippen LogP contribution in [0.1, 0.15) is 66.4 Å². The van der Waals surface area contributed by atoms with Crippen LogP contribution in [0.4, 0.5) is 0 Å². The highest BCUT2D eigenvalue weighted by molar-refractivity contribution is 5.72. The Bertz CT molecular complexity index is 352. The number of amides is 1. The summed E-state index contributed by atoms with van der Waals surface area (Å²) in [7, 11) is 0. The van der Waals surface area contributed by atoms with E-state index in [1.54, 1.807) is 6.92 Å². The highest BCUT2D eigenvalue weighted by Crippen LogP contribution is 2.06. The van der Waals surface area contributed by atoms with Crippen molar-refractivity contribution in [3.63, 3.8) is 0 Å². The lowest BCUT2D eigenvalue weighted by Gasteiger charge is -2.21. The summed E-state index contributed by atoms with van der Waals surface area (Å²) in [5, 5.41) is 2.84. The number of unbranched alkanes of at least 4 members (excludes halogenated alkanes) is 1. The van der Waals surface area contributed by atoms with Crippen molar-refractivity contribution in [3.8, 4) is 0 Å². The molecule has 0 aromatic heterocycles. The van der Waals surface area contributed by atoms with Crippen molar-refractivity contribution in [2.75, 3.05) is 19.6 Å². The summed E-state index contributed by atoms with van der Waals surface area (Å²) in [4.78, 5) is 13.3. The third-order valence-corrected chi connectivity index (χ3v) is 3.06. The first kappa shape index (κ1) is 23.9. The lowest BCUT2D eigenvalue weighted by atomic mass is 10.2. The molecule has 1 aromatic rings. The highest BCUT2D eigenvalue weighted by Gasteiger charge is 2.04. The van der Waals surface area contributed by atoms with Crippen molar-refractivity contribution < 1.29 is 4.79 Å². The van der Waals surface area contributed by atoms with E-state index in [1.165, 1.54) is 12.0 Å². The lowest BCUT2D eigenvalue weighted by Crippen LogP contribution is -2.27. The number of carbonyl (C=O) groups excluding carboxylic acids is 1. The van der Waals surface area contributed by atoms with Gasteiger partial charge in [0, 0.05) is 20.0 Å². The Kier molecular flexibility index (Phi) is 19.4. The van der Waals surface area contributed by atoms with E-state index in [4.69, 9.17) is 0 Å². The molecule has 1 aromatic carbocycles. The molecule has 0 fully saturated rings. The number of benzene rings is 1. The van der Waals surface area contributed by atoms with Gasteiger partial charge in [0.25, 0.3) is 0 Å². The number of hydrogen-bond acceptors (Lipinski definition) is 2. The molecule has 0 atom stereocenters. The molecule has 3 nitrogen and oxygen atoms in total. The van der Waals surface area contributed by atoms with E-state index >= 15 is 0 Å². The van der Waals surface area contributed by atoms with Gasteiger partial charge in [-0.3, -0.25) is 9.69 Å². The number of nitrogens with one attached hydrogen (secondary N) is 1. The molecular weight excluding hydrogens is 284 g/mol. The van der Waals surface area contributed by atoms with Crippen LogP contribution in [0, 0.1) is 0 Å². The summed E-state index contributed by atoms with van der Waals surface area (Å²) in [6.07, 6.45) is 3.36. The maximum absolute atomic E-state index is 10.8. The Morgan fingerprint density at radius 3 is 2.13 bits per heavy atom. The molecule has 134 valence electrons. The highest BCUT2D eigenvalue weighted by atomic mass is 16.1. The molecule has 0 saturated carbocycles. The molecule has 0 aliphatic rings. The average Bonchev–Trinajstić information content (AvgIpc) is 2.59. The van der Waals surface area contributed by atoms with Gasteiger partial charge in [0.05, 0.1) is 0 Å². The molecule has 0 bridgehead atoms. The van der Waals surface area contributed by atoms with Gasteiger partial charge in [-0.2, -0.15) is 0 Å². The first-order valence-electron chi connectivity index (χ1n) is 9.23. The van der Waals surface area contributed by atoms with Crippen molar-refractivity contribution in [2.45, 2.75) is 67.3 Å². The van der Waals surface area contributed by atoms with Crippen LogP contribution in [0.25, 0.3) is 0 Å². The van der Waals surface area contributed by atoms with E-state index in [2.05, 4.69) is 47.5 Å². The van der Waals surface area contributed by atoms with E-state index in [1.807, 2.05) is 27.7 Å². The first-order chi connectivity index (χ1) is 11.2. The zero-order valence-corrected chi connectivity index (χ0v) is 16.2. The van der Waals surface area contributed by atoms with Crippen molar-refractivity contribution in [1.82, 2.24) is 10.2 Å². The summed E-state index contributed by atoms with van der Waals surface area (Å²) in [5.41, 5.74) is 1.37. The van der Waals surface area contributed by atoms with Crippen LogP contribution in [0.5, 0.6) is 0 Å². The van der Waals surface area contributed by atoms with E-state index in [0.717, 1.165) is 39.0 Å². The first-order valence-corrected chi connectivity index (χ1v) is 9.23. The summed E-state index contributed by atoms with van der Waals surface area (Å²) in [6.45, 7) is 15.8. The van der Waals surface area contributed by atoms with Crippen molar-refractivity contribution >= 4 is 5.91 Å². The van der Waals surface area contributed by atoms with Crippen LogP contribution in [0.15, 0.2) is 30.3 Å². The molecule has 0 aliphatic carbocycles. The smallest absolute Gasteiger partial charge is 0.216 e. The lowest BCUT2D eigenvalue weighted by molar-refractivity contribution is -0.118. The molecule has 1 amide bonds. The summed E-state index contributed by atoms with van der Waals surface area (Å²) >= 11 is 0. The number of carbonyl (C=O) groups is 1. The minimum absolute atomic E-state index is 0.0645. The van der Waals surface area contributed by atoms with E-state index in [9.17, 15) is 4.79 Å². The molecule has 0 aliphatic heterocycles. The molecule has 23 heavy (non-hydrogen) atoms. The van der Waals surface area contributed by atoms with Crippen LogP contribution < -0.4 is 5.32 Å². The van der Waals surface area contributed by atoms with E-state index in [0.29, 0.717) is 0 Å². The quantitative estimate of drug-likeness (QED) is 0.658. The van der Waals surface area contributed by atoms with Crippen LogP contribution in [-0.4, -0.2) is 30.4 Å². The number of rotatable bonds is 9. The maximum Gasteiger partial charge on any atom is 0.216 e. The van der Waals surface area contributed by atoms with Crippen molar-refractivity contribution in [3.05, 3.63) is 35.9 Å². The Hall–Kier alpha value is -1.35. The standard InChI is InChI=1S/C16H26N2O.2C2H6/c1-3-12-18(13-8-7-11-17-15(2)19)14-16-9-5-4-6-10-16;2*1-2/h4-6,9-10H,3,7-8,11-14H2,1-2H3,(H,17,19);2*1-2H3. The number of nitrogens with zero attached hydrogens (tertiary/aromatic N) is 1. The van der Waals surface area contributed by atoms with E-state index < -0.39 is 0 Å². The van der Waals surface area contributed by atoms with Gasteiger partial charge in [-0.15, -0.1) is 0 Å². The molecule has 0 heterocycles. The molecule has 0 unspecified atom stereocenters. The molecule has 1 N–H and O–H groups in total. The van der Waals surface area contributed by atoms with Crippen LogP contribution in [-0.2, 0) is 11.3 Å². The third kappa shape index (κ3) is 15.3. The van der Waals surface area contributed by atoms with Gasteiger partial charge in [0.1, 0.15) is 0 Å². The second kappa shape index (κ2) is 18.7. The monoisotopic (exact) mass is 322 g/mol. The zero-order valence-electron chi connectivity index (χ0n) is 16.2. The SMILES string of the molecule is CC.CC.CCCN(CCCCNC(C)=O)Cc1ccccc1. The van der Waals surface area contributed by atoms with Crippen LogP contribution in [0.2, 0.25) is 0 Å². The predicted molar refractivity (Wildman–Crippen MR) is 103 cm³/mol. The average molecular weight is 323 g/mol. The maximum atomic E-state index is 10.8. The summed E-state index contributed by atoms with van der Waals surface area (Å²) in [6, 6.07) is 10.6. The second-order valence-corrected chi connectivity index (χ2v) is 4.95. The molecule has 3 heteroatoms. The topological polar surface area (TPSA) is 32.3 Å². The van der Waals surface area contributed by atoms with Crippen molar-refractivity contribution in [1.29, 1.82) is 0 Å². The fraction of sp³-hybridized carbons (Fsp3) is 0.650. The van der Waals surface area contributed by atoms with Crippen LogP contribution >= 0.6 is 0 Å². The molecule has 0 saturated heterocycles. The zero-order chi connectivity index (χ0) is 17.9. The summed E-state index contributed by atoms with van der Waals surface area (Å²) < 4.78 is 0. The second-order valence-electron chi connectivity index (χ2n) is 4.95. The van der Waals surface area contributed by atoms with Gasteiger partial charge in [-0.05, 0) is 37.9 Å². The predicted octanol–water partition coefficient (Wildman–Crippen LogP) is 4.87. The molecule has 0 radical (unpaired) electrons. The molecule has 1 rings (SSSR count). The van der Waals surface area contributed by atoms with Gasteiger partial charge in [0.2, 0.25) is 5.91 Å². The van der Waals surface area contributed by atoms with Gasteiger partial charge in [-0.25, -0.2) is 0 Å². The molecular formula is C20H38N2O. The van der Waals surface area contributed by atoms with Crippen molar-refractivity contribution in [2.24, 2.45) is 0 Å².